The third-order valence-electron chi connectivity index (χ3n) is 5.55. The molecule has 33 heavy (non-hydrogen) atoms. The van der Waals surface area contributed by atoms with Crippen molar-refractivity contribution < 1.29 is 4.79 Å². The molecule has 1 aliphatic heterocycles. The van der Waals surface area contributed by atoms with E-state index in [1.807, 2.05) is 43.3 Å². The first-order valence-corrected chi connectivity index (χ1v) is 12.4. The van der Waals surface area contributed by atoms with Crippen LogP contribution in [0.15, 0.2) is 69.9 Å². The van der Waals surface area contributed by atoms with E-state index in [2.05, 4.69) is 38.5 Å². The third kappa shape index (κ3) is 3.92. The topological polar surface area (TPSA) is 55.2 Å². The lowest BCUT2D eigenvalue weighted by Crippen LogP contribution is -2.26. The van der Waals surface area contributed by atoms with Crippen molar-refractivity contribution in [1.29, 1.82) is 0 Å². The molecule has 0 N–H and O–H groups in total. The molecule has 5 nitrogen and oxygen atoms in total. The van der Waals surface area contributed by atoms with Crippen LogP contribution in [0.2, 0.25) is 5.02 Å². The van der Waals surface area contributed by atoms with E-state index in [9.17, 15) is 9.59 Å². The highest BCUT2D eigenvalue weighted by molar-refractivity contribution is 14.1. The summed E-state index contributed by atoms with van der Waals surface area (Å²) in [5.41, 5.74) is 3.12. The summed E-state index contributed by atoms with van der Waals surface area (Å²) in [5.74, 6) is 0.258. The molecule has 0 saturated heterocycles. The average Bonchev–Trinajstić information content (AvgIpc) is 3.05. The Kier molecular flexibility index (Phi) is 5.88. The van der Waals surface area contributed by atoms with Gasteiger partial charge < -0.3 is 4.90 Å². The van der Waals surface area contributed by atoms with Crippen LogP contribution in [0.5, 0.6) is 0 Å². The summed E-state index contributed by atoms with van der Waals surface area (Å²) in [7, 11) is 0. The van der Waals surface area contributed by atoms with E-state index in [-0.39, 0.29) is 11.5 Å². The SMILES string of the molecule is CCN1C(=O)C(=Cc2nc3ccc(I)cc3c(=O)n2-c2ccc(Cl)cc2)c2cc(Br)ccc21. The van der Waals surface area contributed by atoms with E-state index < -0.39 is 0 Å². The summed E-state index contributed by atoms with van der Waals surface area (Å²) in [6.45, 7) is 2.48. The standard InChI is InChI=1S/C25H16BrClIN3O2/c1-2-30-22-10-3-14(26)11-18(22)19(24(30)32)13-23-29-21-9-6-16(28)12-20(21)25(33)31(23)17-7-4-15(27)5-8-17/h3-13H,2H2,1H3. The lowest BCUT2D eigenvalue weighted by Gasteiger charge is -2.14. The van der Waals surface area contributed by atoms with Crippen molar-refractivity contribution >= 4 is 84.3 Å². The third-order valence-corrected chi connectivity index (χ3v) is 6.96. The van der Waals surface area contributed by atoms with Gasteiger partial charge in [-0.1, -0.05) is 27.5 Å². The van der Waals surface area contributed by atoms with Gasteiger partial charge in [-0.3, -0.25) is 14.2 Å². The number of aromatic nitrogens is 2. The Balaban J connectivity index is 1.82. The summed E-state index contributed by atoms with van der Waals surface area (Å²) < 4.78 is 3.34. The first kappa shape index (κ1) is 22.3. The predicted molar refractivity (Wildman–Crippen MR) is 145 cm³/mol. The van der Waals surface area contributed by atoms with Gasteiger partial charge in [-0.2, -0.15) is 0 Å². The Bertz CT molecular complexity index is 1530. The minimum atomic E-state index is -0.208. The molecule has 0 bridgehead atoms. The Labute approximate surface area is 217 Å². The maximum absolute atomic E-state index is 13.6. The Hall–Kier alpha value is -2.49. The Morgan fingerprint density at radius 3 is 2.55 bits per heavy atom. The highest BCUT2D eigenvalue weighted by Crippen LogP contribution is 2.39. The van der Waals surface area contributed by atoms with Gasteiger partial charge in [0.1, 0.15) is 5.82 Å². The molecule has 5 rings (SSSR count). The number of carbonyl (C=O) groups excluding carboxylic acids is 1. The van der Waals surface area contributed by atoms with E-state index in [0.717, 1.165) is 19.3 Å². The Morgan fingerprint density at radius 1 is 1.06 bits per heavy atom. The summed E-state index contributed by atoms with van der Waals surface area (Å²) >= 11 is 11.8. The minimum absolute atomic E-state index is 0.120. The van der Waals surface area contributed by atoms with Crippen LogP contribution in [0.25, 0.3) is 28.2 Å². The summed E-state index contributed by atoms with van der Waals surface area (Å²) in [6.07, 6.45) is 1.71. The first-order chi connectivity index (χ1) is 15.9. The van der Waals surface area contributed by atoms with Crippen LogP contribution in [-0.2, 0) is 4.79 Å². The van der Waals surface area contributed by atoms with Crippen molar-refractivity contribution in [3.8, 4) is 5.69 Å². The number of rotatable bonds is 3. The average molecular weight is 633 g/mol. The van der Waals surface area contributed by atoms with Crippen molar-refractivity contribution in [2.75, 3.05) is 11.4 Å². The fourth-order valence-electron chi connectivity index (χ4n) is 4.02. The summed E-state index contributed by atoms with van der Waals surface area (Å²) in [6, 6.07) is 18.3. The van der Waals surface area contributed by atoms with Crippen molar-refractivity contribution in [3.05, 3.63) is 95.5 Å². The maximum Gasteiger partial charge on any atom is 0.266 e. The highest BCUT2D eigenvalue weighted by atomic mass is 127. The molecule has 4 aromatic rings. The molecule has 8 heteroatoms. The zero-order valence-corrected chi connectivity index (χ0v) is 21.8. The summed E-state index contributed by atoms with van der Waals surface area (Å²) in [4.78, 5) is 33.4. The van der Waals surface area contributed by atoms with Crippen molar-refractivity contribution in [2.24, 2.45) is 0 Å². The molecule has 1 aliphatic rings. The number of hydrogen-bond donors (Lipinski definition) is 0. The van der Waals surface area contributed by atoms with E-state index >= 15 is 0 Å². The van der Waals surface area contributed by atoms with E-state index in [0.29, 0.717) is 39.6 Å². The normalized spacial score (nSPS) is 14.4. The number of halogens is 3. The number of fused-ring (bicyclic) bond motifs is 2. The van der Waals surface area contributed by atoms with E-state index in [4.69, 9.17) is 16.6 Å². The number of benzene rings is 3. The number of carbonyl (C=O) groups is 1. The van der Waals surface area contributed by atoms with Crippen molar-refractivity contribution in [2.45, 2.75) is 6.92 Å². The quantitative estimate of drug-likeness (QED) is 0.197. The van der Waals surface area contributed by atoms with E-state index in [1.54, 1.807) is 35.2 Å². The highest BCUT2D eigenvalue weighted by Gasteiger charge is 2.32. The van der Waals surface area contributed by atoms with Gasteiger partial charge in [0.15, 0.2) is 0 Å². The van der Waals surface area contributed by atoms with Crippen LogP contribution < -0.4 is 10.5 Å². The maximum atomic E-state index is 13.6. The molecule has 0 fully saturated rings. The van der Waals surface area contributed by atoms with Crippen LogP contribution in [-0.4, -0.2) is 22.0 Å². The van der Waals surface area contributed by atoms with Crippen LogP contribution >= 0.6 is 50.1 Å². The zero-order chi connectivity index (χ0) is 23.3. The molecule has 0 radical (unpaired) electrons. The van der Waals surface area contributed by atoms with E-state index in [1.165, 1.54) is 4.57 Å². The fourth-order valence-corrected chi connectivity index (χ4v) is 5.00. The van der Waals surface area contributed by atoms with Crippen LogP contribution in [0.1, 0.15) is 18.3 Å². The molecule has 0 atom stereocenters. The Morgan fingerprint density at radius 2 is 1.82 bits per heavy atom. The van der Waals surface area contributed by atoms with Gasteiger partial charge in [0.25, 0.3) is 11.5 Å². The molecule has 0 aliphatic carbocycles. The second kappa shape index (κ2) is 8.70. The second-order valence-electron chi connectivity index (χ2n) is 7.52. The fraction of sp³-hybridized carbons (Fsp3) is 0.0800. The largest absolute Gasteiger partial charge is 0.308 e. The van der Waals surface area contributed by atoms with Crippen molar-refractivity contribution in [3.63, 3.8) is 0 Å². The number of likely N-dealkylation sites (N-methyl/N-ethyl adjacent to an activating group) is 1. The van der Waals surface area contributed by atoms with Crippen molar-refractivity contribution in [1.82, 2.24) is 9.55 Å². The minimum Gasteiger partial charge on any atom is -0.308 e. The smallest absolute Gasteiger partial charge is 0.266 e. The lowest BCUT2D eigenvalue weighted by atomic mass is 10.1. The first-order valence-electron chi connectivity index (χ1n) is 10.2. The van der Waals surface area contributed by atoms with Gasteiger partial charge in [-0.15, -0.1) is 0 Å². The number of hydrogen-bond acceptors (Lipinski definition) is 3. The zero-order valence-electron chi connectivity index (χ0n) is 17.3. The number of anilines is 1. The molecular formula is C25H16BrClIN3O2. The van der Waals surface area contributed by atoms with Gasteiger partial charge in [0.05, 0.1) is 27.9 Å². The molecule has 0 saturated carbocycles. The molecule has 2 heterocycles. The van der Waals surface area contributed by atoms with Crippen LogP contribution in [0.3, 0.4) is 0 Å². The molecule has 3 aromatic carbocycles. The number of nitrogens with zero attached hydrogens (tertiary/aromatic N) is 3. The monoisotopic (exact) mass is 631 g/mol. The van der Waals surface area contributed by atoms with Crippen LogP contribution in [0.4, 0.5) is 5.69 Å². The molecule has 0 unspecified atom stereocenters. The summed E-state index contributed by atoms with van der Waals surface area (Å²) in [5, 5.41) is 1.08. The van der Waals surface area contributed by atoms with Gasteiger partial charge >= 0.3 is 0 Å². The van der Waals surface area contributed by atoms with Crippen LogP contribution in [0, 0.1) is 3.57 Å². The van der Waals surface area contributed by atoms with Gasteiger partial charge in [-0.05, 0) is 96.3 Å². The molecule has 1 aromatic heterocycles. The molecule has 1 amide bonds. The second-order valence-corrected chi connectivity index (χ2v) is 10.1. The van der Waals surface area contributed by atoms with Gasteiger partial charge in [0, 0.05) is 25.2 Å². The lowest BCUT2D eigenvalue weighted by molar-refractivity contribution is -0.112. The van der Waals surface area contributed by atoms with Gasteiger partial charge in [-0.25, -0.2) is 4.98 Å². The molecular weight excluding hydrogens is 617 g/mol. The molecule has 0 spiro atoms. The number of amides is 1. The predicted octanol–water partition coefficient (Wildman–Crippen LogP) is 6.31. The van der Waals surface area contributed by atoms with Gasteiger partial charge in [0.2, 0.25) is 0 Å². The molecule has 164 valence electrons.